The van der Waals surface area contributed by atoms with Gasteiger partial charge in [0.1, 0.15) is 0 Å². The van der Waals surface area contributed by atoms with E-state index in [0.717, 1.165) is 0 Å². The van der Waals surface area contributed by atoms with Crippen LogP contribution in [0.1, 0.15) is 20.8 Å². The minimum atomic E-state index is -4.67. The van der Waals surface area contributed by atoms with Gasteiger partial charge in [0.15, 0.2) is 0 Å². The Balaban J connectivity index is -0.0000000495. The summed E-state index contributed by atoms with van der Waals surface area (Å²) in [6.07, 6.45) is 5.25. The van der Waals surface area contributed by atoms with Gasteiger partial charge in [-0.15, -0.1) is 19.7 Å². The van der Waals surface area contributed by atoms with E-state index in [1.165, 1.54) is 0 Å². The molecule has 0 aromatic rings. The zero-order chi connectivity index (χ0) is 12.6. The Morgan fingerprint density at radius 3 is 0.857 bits per heavy atom. The van der Waals surface area contributed by atoms with E-state index in [2.05, 4.69) is 19.7 Å². The number of hydrogen-bond acceptors (Lipinski definition) is 2. The second-order valence-electron chi connectivity index (χ2n) is 1.67. The molecular formula is C9H20O4S. The number of allylic oxidation sites excluding steroid dienone is 3. The molecule has 0 atom stereocenters. The van der Waals surface area contributed by atoms with Gasteiger partial charge in [-0.05, 0) is 20.8 Å². The first-order valence-electron chi connectivity index (χ1n) is 3.66. The lowest BCUT2D eigenvalue weighted by atomic mass is 10.8. The lowest BCUT2D eigenvalue weighted by Gasteiger charge is -1.68. The third-order valence-electron chi connectivity index (χ3n) is 0. The molecule has 0 aliphatic rings. The van der Waals surface area contributed by atoms with Crippen LogP contribution in [-0.2, 0) is 10.4 Å². The van der Waals surface area contributed by atoms with E-state index in [0.29, 0.717) is 0 Å². The average Bonchev–Trinajstić information content (AvgIpc) is 1.86. The zero-order valence-corrected chi connectivity index (χ0v) is 9.79. The fraction of sp³-hybridized carbons (Fsp3) is 0.333. The van der Waals surface area contributed by atoms with Gasteiger partial charge in [-0.3, -0.25) is 9.11 Å². The van der Waals surface area contributed by atoms with E-state index < -0.39 is 10.4 Å². The predicted octanol–water partition coefficient (Wildman–Crippen LogP) is 2.92. The van der Waals surface area contributed by atoms with Crippen LogP contribution in [-0.4, -0.2) is 17.5 Å². The van der Waals surface area contributed by atoms with Crippen LogP contribution in [0.3, 0.4) is 0 Å². The highest BCUT2D eigenvalue weighted by Gasteiger charge is 1.84. The molecule has 0 fully saturated rings. The molecule has 0 saturated heterocycles. The predicted molar refractivity (Wildman–Crippen MR) is 61.8 cm³/mol. The molecule has 0 amide bonds. The van der Waals surface area contributed by atoms with Crippen molar-refractivity contribution >= 4 is 10.4 Å². The second kappa shape index (κ2) is 22.7. The molecule has 2 N–H and O–H groups in total. The summed E-state index contributed by atoms with van der Waals surface area (Å²) in [5.74, 6) is 0. The van der Waals surface area contributed by atoms with E-state index >= 15 is 0 Å². The highest BCUT2D eigenvalue weighted by atomic mass is 32.3. The standard InChI is InChI=1S/3C3H6.H2O4S/c3*1-3-2;1-5(2,3)4/h3*3H,1H2,2H3;(H2,1,2,3,4). The Morgan fingerprint density at radius 1 is 0.857 bits per heavy atom. The van der Waals surface area contributed by atoms with Gasteiger partial charge >= 0.3 is 10.4 Å². The van der Waals surface area contributed by atoms with Crippen LogP contribution in [0.4, 0.5) is 0 Å². The Kier molecular flexibility index (Phi) is 37.6. The lowest BCUT2D eigenvalue weighted by molar-refractivity contribution is 0.381. The minimum absolute atomic E-state index is 1.75. The molecule has 0 radical (unpaired) electrons. The second-order valence-corrected chi connectivity index (χ2v) is 2.57. The quantitative estimate of drug-likeness (QED) is 0.490. The molecule has 0 heterocycles. The average molecular weight is 224 g/mol. The van der Waals surface area contributed by atoms with Crippen LogP contribution in [0.2, 0.25) is 0 Å². The zero-order valence-electron chi connectivity index (χ0n) is 8.97. The van der Waals surface area contributed by atoms with Gasteiger partial charge in [0.05, 0.1) is 0 Å². The molecule has 0 aromatic carbocycles. The summed E-state index contributed by atoms with van der Waals surface area (Å²) in [6.45, 7) is 15.8. The minimum Gasteiger partial charge on any atom is -0.264 e. The highest BCUT2D eigenvalue weighted by Crippen LogP contribution is 1.59. The summed E-state index contributed by atoms with van der Waals surface area (Å²) in [4.78, 5) is 0. The van der Waals surface area contributed by atoms with Crippen molar-refractivity contribution in [1.29, 1.82) is 0 Å². The summed E-state index contributed by atoms with van der Waals surface area (Å²) in [6, 6.07) is 0. The van der Waals surface area contributed by atoms with Crippen molar-refractivity contribution in [3.63, 3.8) is 0 Å². The summed E-state index contributed by atoms with van der Waals surface area (Å²) < 4.78 is 31.6. The van der Waals surface area contributed by atoms with Crippen molar-refractivity contribution in [1.82, 2.24) is 0 Å². The van der Waals surface area contributed by atoms with Crippen LogP contribution in [0, 0.1) is 0 Å². The smallest absolute Gasteiger partial charge is 0.264 e. The SMILES string of the molecule is C=CC.C=CC.C=CC.O=S(=O)(O)O. The van der Waals surface area contributed by atoms with Crippen LogP contribution >= 0.6 is 0 Å². The first-order valence-corrected chi connectivity index (χ1v) is 5.05. The normalized spacial score (nSPS) is 6.93. The van der Waals surface area contributed by atoms with E-state index in [1.54, 1.807) is 18.2 Å². The van der Waals surface area contributed by atoms with E-state index in [-0.39, 0.29) is 0 Å². The van der Waals surface area contributed by atoms with Crippen LogP contribution < -0.4 is 0 Å². The monoisotopic (exact) mass is 224 g/mol. The Morgan fingerprint density at radius 2 is 0.857 bits per heavy atom. The van der Waals surface area contributed by atoms with Crippen molar-refractivity contribution in [2.75, 3.05) is 0 Å². The van der Waals surface area contributed by atoms with E-state index in [4.69, 9.17) is 17.5 Å². The van der Waals surface area contributed by atoms with E-state index in [1.807, 2.05) is 20.8 Å². The molecule has 0 aliphatic heterocycles. The van der Waals surface area contributed by atoms with Crippen LogP contribution in [0.5, 0.6) is 0 Å². The molecule has 0 aromatic heterocycles. The maximum absolute atomic E-state index is 8.74. The number of rotatable bonds is 0. The van der Waals surface area contributed by atoms with Crippen molar-refractivity contribution in [3.05, 3.63) is 38.0 Å². The van der Waals surface area contributed by atoms with E-state index in [9.17, 15) is 0 Å². The summed E-state index contributed by atoms with van der Waals surface area (Å²) in [5, 5.41) is 0. The fourth-order valence-corrected chi connectivity index (χ4v) is 0. The lowest BCUT2D eigenvalue weighted by Crippen LogP contribution is -1.89. The molecule has 0 rings (SSSR count). The molecule has 0 spiro atoms. The van der Waals surface area contributed by atoms with Gasteiger partial charge in [0.25, 0.3) is 0 Å². The third kappa shape index (κ3) is 1360. The topological polar surface area (TPSA) is 74.6 Å². The summed E-state index contributed by atoms with van der Waals surface area (Å²) in [7, 11) is -4.67. The third-order valence-corrected chi connectivity index (χ3v) is 0. The molecule has 86 valence electrons. The Bertz CT molecular complexity index is 183. The van der Waals surface area contributed by atoms with Crippen molar-refractivity contribution in [3.8, 4) is 0 Å². The van der Waals surface area contributed by atoms with Gasteiger partial charge in [0.2, 0.25) is 0 Å². The molecule has 5 heteroatoms. The van der Waals surface area contributed by atoms with Crippen molar-refractivity contribution in [2.24, 2.45) is 0 Å². The molecule has 14 heavy (non-hydrogen) atoms. The molecular weight excluding hydrogens is 204 g/mol. The summed E-state index contributed by atoms with van der Waals surface area (Å²) >= 11 is 0. The Labute approximate surface area is 87.2 Å². The molecule has 0 aliphatic carbocycles. The van der Waals surface area contributed by atoms with Crippen LogP contribution in [0.15, 0.2) is 38.0 Å². The number of hydrogen-bond donors (Lipinski definition) is 2. The van der Waals surface area contributed by atoms with Crippen molar-refractivity contribution in [2.45, 2.75) is 20.8 Å². The van der Waals surface area contributed by atoms with Gasteiger partial charge in [-0.25, -0.2) is 0 Å². The highest BCUT2D eigenvalue weighted by molar-refractivity contribution is 7.79. The van der Waals surface area contributed by atoms with Crippen LogP contribution in [0.25, 0.3) is 0 Å². The molecule has 0 unspecified atom stereocenters. The molecule has 0 saturated carbocycles. The van der Waals surface area contributed by atoms with Gasteiger partial charge in [-0.1, -0.05) is 18.2 Å². The van der Waals surface area contributed by atoms with Crippen molar-refractivity contribution < 1.29 is 17.5 Å². The largest absolute Gasteiger partial charge is 0.394 e. The fourth-order valence-electron chi connectivity index (χ4n) is 0. The summed E-state index contributed by atoms with van der Waals surface area (Å²) in [5.41, 5.74) is 0. The Hall–Kier alpha value is -0.910. The maximum Gasteiger partial charge on any atom is 0.394 e. The van der Waals surface area contributed by atoms with Gasteiger partial charge in [-0.2, -0.15) is 8.42 Å². The molecule has 0 bridgehead atoms. The first kappa shape index (κ1) is 23.2. The maximum atomic E-state index is 8.74. The van der Waals surface area contributed by atoms with Gasteiger partial charge < -0.3 is 0 Å². The molecule has 4 nitrogen and oxygen atoms in total. The first-order chi connectivity index (χ1) is 6.24. The van der Waals surface area contributed by atoms with Gasteiger partial charge in [0, 0.05) is 0 Å².